The lowest BCUT2D eigenvalue weighted by molar-refractivity contribution is 0.474. The van der Waals surface area contributed by atoms with Gasteiger partial charge < -0.3 is 10.6 Å². The number of thiazole rings is 1. The average molecular weight is 239 g/mol. The Bertz CT molecular complexity index is 342. The van der Waals surface area contributed by atoms with Crippen molar-refractivity contribution in [2.75, 3.05) is 18.5 Å². The number of aryl methyl sites for hydroxylation is 2. The van der Waals surface area contributed by atoms with Crippen molar-refractivity contribution >= 4 is 16.5 Å². The minimum absolute atomic E-state index is 0.593. The molecule has 1 aromatic rings. The monoisotopic (exact) mass is 239 g/mol. The zero-order valence-corrected chi connectivity index (χ0v) is 11.2. The molecule has 0 aromatic carbocycles. The summed E-state index contributed by atoms with van der Waals surface area (Å²) in [5.41, 5.74) is 6.99. The summed E-state index contributed by atoms with van der Waals surface area (Å²) in [6.45, 7) is 5.02. The van der Waals surface area contributed by atoms with Gasteiger partial charge in [-0.3, -0.25) is 0 Å². The van der Waals surface area contributed by atoms with E-state index in [1.54, 1.807) is 11.3 Å². The molecule has 2 N–H and O–H groups in total. The number of hydrogen-bond donors (Lipinski definition) is 1. The molecule has 2 rings (SSSR count). The van der Waals surface area contributed by atoms with Crippen molar-refractivity contribution in [2.45, 2.75) is 39.2 Å². The lowest BCUT2D eigenvalue weighted by atomic mass is 10.0. The molecule has 0 radical (unpaired) electrons. The van der Waals surface area contributed by atoms with Crippen LogP contribution in [0.4, 0.5) is 5.13 Å². The molecule has 16 heavy (non-hydrogen) atoms. The molecule has 3 nitrogen and oxygen atoms in total. The number of nitrogens with zero attached hydrogens (tertiary/aromatic N) is 2. The number of anilines is 1. The smallest absolute Gasteiger partial charge is 0.185 e. The Kier molecular flexibility index (Phi) is 3.50. The summed E-state index contributed by atoms with van der Waals surface area (Å²) >= 11 is 1.80. The largest absolute Gasteiger partial charge is 0.348 e. The summed E-state index contributed by atoms with van der Waals surface area (Å²) in [4.78, 5) is 8.29. The lowest BCUT2D eigenvalue weighted by Crippen LogP contribution is -2.37. The molecule has 2 atom stereocenters. The Morgan fingerprint density at radius 3 is 2.75 bits per heavy atom. The minimum atomic E-state index is 0.593. The molecule has 90 valence electrons. The number of hydrogen-bond acceptors (Lipinski definition) is 4. The Hall–Kier alpha value is -0.610. The summed E-state index contributed by atoms with van der Waals surface area (Å²) in [6.07, 6.45) is 3.84. The molecule has 1 heterocycles. The van der Waals surface area contributed by atoms with Crippen LogP contribution < -0.4 is 10.6 Å². The van der Waals surface area contributed by atoms with Crippen molar-refractivity contribution in [2.24, 2.45) is 11.7 Å². The van der Waals surface area contributed by atoms with Crippen LogP contribution in [0.1, 0.15) is 29.8 Å². The van der Waals surface area contributed by atoms with E-state index < -0.39 is 0 Å². The Balaban J connectivity index is 2.14. The molecule has 1 aliphatic rings. The third kappa shape index (κ3) is 2.09. The van der Waals surface area contributed by atoms with Crippen LogP contribution in [0.25, 0.3) is 0 Å². The first-order valence-electron chi connectivity index (χ1n) is 6.00. The third-order valence-electron chi connectivity index (χ3n) is 3.74. The van der Waals surface area contributed by atoms with Crippen LogP contribution in [0.3, 0.4) is 0 Å². The van der Waals surface area contributed by atoms with Gasteiger partial charge in [-0.05, 0) is 39.2 Å². The van der Waals surface area contributed by atoms with Gasteiger partial charge in [-0.25, -0.2) is 4.98 Å². The van der Waals surface area contributed by atoms with E-state index in [9.17, 15) is 0 Å². The van der Waals surface area contributed by atoms with Crippen LogP contribution in [0.5, 0.6) is 0 Å². The lowest BCUT2D eigenvalue weighted by Gasteiger charge is -2.28. The first kappa shape index (κ1) is 11.9. The van der Waals surface area contributed by atoms with E-state index in [4.69, 9.17) is 5.73 Å². The number of aromatic nitrogens is 1. The highest BCUT2D eigenvalue weighted by molar-refractivity contribution is 7.15. The Labute approximate surface area is 102 Å². The molecule has 1 aliphatic carbocycles. The zero-order chi connectivity index (χ0) is 11.7. The fourth-order valence-corrected chi connectivity index (χ4v) is 3.48. The number of rotatable bonds is 3. The molecule has 0 aliphatic heterocycles. The Morgan fingerprint density at radius 1 is 1.44 bits per heavy atom. The maximum atomic E-state index is 5.83. The molecular weight excluding hydrogens is 218 g/mol. The predicted octanol–water partition coefficient (Wildman–Crippen LogP) is 2.32. The van der Waals surface area contributed by atoms with Crippen LogP contribution in [-0.4, -0.2) is 24.6 Å². The maximum Gasteiger partial charge on any atom is 0.185 e. The molecule has 4 heteroatoms. The fourth-order valence-electron chi connectivity index (χ4n) is 2.55. The molecule has 1 aromatic heterocycles. The molecule has 1 fully saturated rings. The molecule has 1 saturated carbocycles. The molecule has 0 amide bonds. The van der Waals surface area contributed by atoms with Crippen LogP contribution in [0.15, 0.2) is 0 Å². The van der Waals surface area contributed by atoms with Crippen molar-refractivity contribution < 1.29 is 0 Å². The molecular formula is C12H21N3S. The van der Waals surface area contributed by atoms with Gasteiger partial charge in [0.1, 0.15) is 0 Å². The minimum Gasteiger partial charge on any atom is -0.348 e. The zero-order valence-electron chi connectivity index (χ0n) is 10.4. The van der Waals surface area contributed by atoms with E-state index in [-0.39, 0.29) is 0 Å². The van der Waals surface area contributed by atoms with Gasteiger partial charge in [0.2, 0.25) is 0 Å². The standard InChI is InChI=1S/C12H21N3S/c1-8-9(2)16-12(14-8)15(3)11-6-4-5-10(11)7-13/h10-11H,4-7,13H2,1-3H3. The first-order chi connectivity index (χ1) is 7.63. The van der Waals surface area contributed by atoms with Gasteiger partial charge in [-0.2, -0.15) is 0 Å². The van der Waals surface area contributed by atoms with E-state index in [1.807, 2.05) is 0 Å². The Morgan fingerprint density at radius 2 is 2.19 bits per heavy atom. The normalized spacial score (nSPS) is 25.0. The van der Waals surface area contributed by atoms with Crippen LogP contribution in [-0.2, 0) is 0 Å². The number of nitrogens with two attached hydrogens (primary N) is 1. The predicted molar refractivity (Wildman–Crippen MR) is 70.2 cm³/mol. The van der Waals surface area contributed by atoms with E-state index in [0.717, 1.165) is 17.4 Å². The van der Waals surface area contributed by atoms with Crippen molar-refractivity contribution in [3.63, 3.8) is 0 Å². The van der Waals surface area contributed by atoms with Gasteiger partial charge >= 0.3 is 0 Å². The molecule has 0 bridgehead atoms. The first-order valence-corrected chi connectivity index (χ1v) is 6.82. The summed E-state index contributed by atoms with van der Waals surface area (Å²) in [5, 5.41) is 1.15. The summed E-state index contributed by atoms with van der Waals surface area (Å²) in [7, 11) is 2.16. The van der Waals surface area contributed by atoms with E-state index in [1.165, 1.54) is 24.1 Å². The van der Waals surface area contributed by atoms with Crippen molar-refractivity contribution in [1.29, 1.82) is 0 Å². The van der Waals surface area contributed by atoms with Crippen LogP contribution >= 0.6 is 11.3 Å². The third-order valence-corrected chi connectivity index (χ3v) is 4.90. The fraction of sp³-hybridized carbons (Fsp3) is 0.750. The quantitative estimate of drug-likeness (QED) is 0.880. The van der Waals surface area contributed by atoms with Crippen LogP contribution in [0.2, 0.25) is 0 Å². The van der Waals surface area contributed by atoms with E-state index in [0.29, 0.717) is 12.0 Å². The molecule has 2 unspecified atom stereocenters. The van der Waals surface area contributed by atoms with Crippen molar-refractivity contribution in [3.8, 4) is 0 Å². The highest BCUT2D eigenvalue weighted by Gasteiger charge is 2.30. The average Bonchev–Trinajstić information content (AvgIpc) is 2.85. The summed E-state index contributed by atoms with van der Waals surface area (Å²) < 4.78 is 0. The van der Waals surface area contributed by atoms with Gasteiger partial charge in [0.25, 0.3) is 0 Å². The van der Waals surface area contributed by atoms with Crippen molar-refractivity contribution in [3.05, 3.63) is 10.6 Å². The van der Waals surface area contributed by atoms with Gasteiger partial charge in [-0.15, -0.1) is 11.3 Å². The highest BCUT2D eigenvalue weighted by Crippen LogP contribution is 2.33. The van der Waals surface area contributed by atoms with Gasteiger partial charge in [0.05, 0.1) is 5.69 Å². The maximum absolute atomic E-state index is 5.83. The van der Waals surface area contributed by atoms with Crippen molar-refractivity contribution in [1.82, 2.24) is 4.98 Å². The second kappa shape index (κ2) is 4.72. The van der Waals surface area contributed by atoms with Crippen LogP contribution in [0, 0.1) is 19.8 Å². The van der Waals surface area contributed by atoms with Gasteiger partial charge in [0, 0.05) is 18.0 Å². The summed E-state index contributed by atoms with van der Waals surface area (Å²) in [6, 6.07) is 0.593. The second-order valence-electron chi connectivity index (χ2n) is 4.74. The molecule has 0 saturated heterocycles. The van der Waals surface area contributed by atoms with E-state index >= 15 is 0 Å². The second-order valence-corrected chi connectivity index (χ2v) is 5.92. The SMILES string of the molecule is Cc1nc(N(C)C2CCCC2CN)sc1C. The molecule has 0 spiro atoms. The topological polar surface area (TPSA) is 42.2 Å². The van der Waals surface area contributed by atoms with Gasteiger partial charge in [0.15, 0.2) is 5.13 Å². The van der Waals surface area contributed by atoms with E-state index in [2.05, 4.69) is 30.8 Å². The van der Waals surface area contributed by atoms with Gasteiger partial charge in [-0.1, -0.05) is 6.42 Å². The summed E-state index contributed by atoms with van der Waals surface area (Å²) in [5.74, 6) is 0.648. The highest BCUT2D eigenvalue weighted by atomic mass is 32.1.